The third kappa shape index (κ3) is 1.19. The predicted octanol–water partition coefficient (Wildman–Crippen LogP) is 0.728. The van der Waals surface area contributed by atoms with Crippen molar-refractivity contribution in [1.82, 2.24) is 0 Å². The van der Waals surface area contributed by atoms with E-state index in [1.54, 1.807) is 0 Å². The van der Waals surface area contributed by atoms with Crippen LogP contribution in [0.25, 0.3) is 0 Å². The Morgan fingerprint density at radius 3 is 2.64 bits per heavy atom. The number of carbonyl (C=O) groups is 1. The van der Waals surface area contributed by atoms with Gasteiger partial charge in [-0.15, -0.1) is 0 Å². The van der Waals surface area contributed by atoms with Crippen LogP contribution in [-0.2, 0) is 14.3 Å². The quantitative estimate of drug-likeness (QED) is 0.525. The van der Waals surface area contributed by atoms with Gasteiger partial charge in [0.25, 0.3) is 0 Å². The second-order valence-corrected chi connectivity index (χ2v) is 3.25. The molecule has 1 atom stereocenters. The van der Waals surface area contributed by atoms with Gasteiger partial charge in [0.15, 0.2) is 5.79 Å². The largest absolute Gasteiger partial charge is 0.348 e. The van der Waals surface area contributed by atoms with Crippen LogP contribution in [0.4, 0.5) is 0 Å². The zero-order valence-corrected chi connectivity index (χ0v) is 6.41. The molecular formula is C8H12O3. The average molecular weight is 156 g/mol. The van der Waals surface area contributed by atoms with Crippen LogP contribution in [0.15, 0.2) is 0 Å². The fourth-order valence-corrected chi connectivity index (χ4v) is 1.88. The number of carbonyl (C=O) groups excluding carboxylic acids is 1. The summed E-state index contributed by atoms with van der Waals surface area (Å²) in [6, 6.07) is 0. The van der Waals surface area contributed by atoms with E-state index in [1.807, 2.05) is 0 Å². The van der Waals surface area contributed by atoms with Crippen molar-refractivity contribution in [3.05, 3.63) is 0 Å². The highest BCUT2D eigenvalue weighted by molar-refractivity contribution is 5.54. The van der Waals surface area contributed by atoms with Crippen molar-refractivity contribution in [2.75, 3.05) is 13.2 Å². The fourth-order valence-electron chi connectivity index (χ4n) is 1.88. The lowest BCUT2D eigenvalue weighted by Crippen LogP contribution is -2.26. The lowest BCUT2D eigenvalue weighted by atomic mass is 10.1. The van der Waals surface area contributed by atoms with E-state index in [0.717, 1.165) is 25.5 Å². The van der Waals surface area contributed by atoms with Gasteiger partial charge < -0.3 is 14.3 Å². The van der Waals surface area contributed by atoms with Gasteiger partial charge in [0.2, 0.25) is 0 Å². The molecule has 0 radical (unpaired) electrons. The number of hydrogen-bond donors (Lipinski definition) is 0. The van der Waals surface area contributed by atoms with Gasteiger partial charge >= 0.3 is 0 Å². The van der Waals surface area contributed by atoms with Crippen molar-refractivity contribution < 1.29 is 14.3 Å². The van der Waals surface area contributed by atoms with E-state index in [1.165, 1.54) is 0 Å². The van der Waals surface area contributed by atoms with Crippen molar-refractivity contribution in [3.63, 3.8) is 0 Å². The summed E-state index contributed by atoms with van der Waals surface area (Å²) < 4.78 is 10.9. The fraction of sp³-hybridized carbons (Fsp3) is 0.875. The maximum atomic E-state index is 10.4. The van der Waals surface area contributed by atoms with E-state index in [4.69, 9.17) is 9.47 Å². The lowest BCUT2D eigenvalue weighted by molar-refractivity contribution is -0.153. The first-order valence-corrected chi connectivity index (χ1v) is 4.08. The monoisotopic (exact) mass is 156 g/mol. The van der Waals surface area contributed by atoms with Crippen molar-refractivity contribution in [1.29, 1.82) is 0 Å². The predicted molar refractivity (Wildman–Crippen MR) is 38.0 cm³/mol. The zero-order chi connectivity index (χ0) is 7.73. The van der Waals surface area contributed by atoms with E-state index >= 15 is 0 Å². The molecule has 1 saturated heterocycles. The summed E-state index contributed by atoms with van der Waals surface area (Å²) >= 11 is 0. The molecule has 1 aliphatic carbocycles. The van der Waals surface area contributed by atoms with Crippen LogP contribution in [0.5, 0.6) is 0 Å². The molecule has 0 aromatic carbocycles. The Morgan fingerprint density at radius 2 is 2.09 bits per heavy atom. The second kappa shape index (κ2) is 2.57. The van der Waals surface area contributed by atoms with Gasteiger partial charge in [-0.3, -0.25) is 0 Å². The smallest absolute Gasteiger partial charge is 0.169 e. The van der Waals surface area contributed by atoms with E-state index in [0.29, 0.717) is 13.2 Å². The Balaban J connectivity index is 2.01. The molecule has 3 heteroatoms. The van der Waals surface area contributed by atoms with Crippen molar-refractivity contribution in [2.24, 2.45) is 5.92 Å². The molecule has 1 saturated carbocycles. The minimum Gasteiger partial charge on any atom is -0.348 e. The molecule has 11 heavy (non-hydrogen) atoms. The summed E-state index contributed by atoms with van der Waals surface area (Å²) in [7, 11) is 0. The van der Waals surface area contributed by atoms with Gasteiger partial charge in [-0.2, -0.15) is 0 Å². The summed E-state index contributed by atoms with van der Waals surface area (Å²) in [5.74, 6) is -0.209. The van der Waals surface area contributed by atoms with Crippen molar-refractivity contribution in [3.8, 4) is 0 Å². The highest BCUT2D eigenvalue weighted by Gasteiger charge is 2.43. The molecule has 0 amide bonds. The number of rotatable bonds is 1. The van der Waals surface area contributed by atoms with Gasteiger partial charge in [-0.05, 0) is 6.42 Å². The molecule has 0 aromatic rings. The van der Waals surface area contributed by atoms with Crippen LogP contribution in [0.2, 0.25) is 0 Å². The molecule has 2 aliphatic rings. The molecule has 1 spiro atoms. The number of aldehydes is 1. The summed E-state index contributed by atoms with van der Waals surface area (Å²) in [6.07, 6.45) is 3.58. The average Bonchev–Trinajstić information content (AvgIpc) is 2.62. The molecule has 62 valence electrons. The van der Waals surface area contributed by atoms with Gasteiger partial charge in [0, 0.05) is 18.8 Å². The molecule has 0 N–H and O–H groups in total. The van der Waals surface area contributed by atoms with E-state index < -0.39 is 0 Å². The SMILES string of the molecule is O=C[C@@H]1CCC2(C1)OCCO2. The molecule has 2 rings (SSSR count). The Kier molecular flexibility index (Phi) is 1.69. The second-order valence-electron chi connectivity index (χ2n) is 3.25. The molecule has 2 fully saturated rings. The molecule has 0 aromatic heterocycles. The molecule has 1 heterocycles. The van der Waals surface area contributed by atoms with Gasteiger partial charge in [-0.1, -0.05) is 0 Å². The lowest BCUT2D eigenvalue weighted by Gasteiger charge is -2.20. The molecule has 1 aliphatic heterocycles. The first-order chi connectivity index (χ1) is 5.35. The summed E-state index contributed by atoms with van der Waals surface area (Å²) in [5, 5.41) is 0. The summed E-state index contributed by atoms with van der Waals surface area (Å²) in [4.78, 5) is 10.4. The third-order valence-corrected chi connectivity index (χ3v) is 2.48. The Bertz CT molecular complexity index is 161. The van der Waals surface area contributed by atoms with E-state index in [-0.39, 0.29) is 11.7 Å². The van der Waals surface area contributed by atoms with Gasteiger partial charge in [0.05, 0.1) is 13.2 Å². The highest BCUT2D eigenvalue weighted by Crippen LogP contribution is 2.39. The minimum atomic E-state index is -0.369. The van der Waals surface area contributed by atoms with Crippen LogP contribution >= 0.6 is 0 Å². The molecule has 0 unspecified atom stereocenters. The van der Waals surface area contributed by atoms with Gasteiger partial charge in [-0.25, -0.2) is 0 Å². The molecular weight excluding hydrogens is 144 g/mol. The van der Waals surface area contributed by atoms with Crippen molar-refractivity contribution in [2.45, 2.75) is 25.0 Å². The van der Waals surface area contributed by atoms with Crippen molar-refractivity contribution >= 4 is 6.29 Å². The number of hydrogen-bond acceptors (Lipinski definition) is 3. The topological polar surface area (TPSA) is 35.5 Å². The summed E-state index contributed by atoms with van der Waals surface area (Å²) in [6.45, 7) is 1.37. The highest BCUT2D eigenvalue weighted by atomic mass is 16.7. The van der Waals surface area contributed by atoms with Crippen LogP contribution in [0, 0.1) is 5.92 Å². The van der Waals surface area contributed by atoms with Crippen LogP contribution < -0.4 is 0 Å². The van der Waals surface area contributed by atoms with Crippen LogP contribution in [0.3, 0.4) is 0 Å². The minimum absolute atomic E-state index is 0.160. The molecule has 0 bridgehead atoms. The maximum absolute atomic E-state index is 10.4. The number of ether oxygens (including phenoxy) is 2. The normalized spacial score (nSPS) is 34.7. The molecule has 3 nitrogen and oxygen atoms in total. The van der Waals surface area contributed by atoms with E-state index in [9.17, 15) is 4.79 Å². The standard InChI is InChI=1S/C8H12O3/c9-6-7-1-2-8(5-7)10-3-4-11-8/h6-7H,1-5H2/t7-/m1/s1. The van der Waals surface area contributed by atoms with Crippen LogP contribution in [-0.4, -0.2) is 25.3 Å². The van der Waals surface area contributed by atoms with Gasteiger partial charge in [0.1, 0.15) is 6.29 Å². The maximum Gasteiger partial charge on any atom is 0.169 e. The Labute approximate surface area is 65.7 Å². The third-order valence-electron chi connectivity index (χ3n) is 2.48. The van der Waals surface area contributed by atoms with Crippen LogP contribution in [0.1, 0.15) is 19.3 Å². The van der Waals surface area contributed by atoms with E-state index in [2.05, 4.69) is 0 Å². The Hall–Kier alpha value is -0.410. The zero-order valence-electron chi connectivity index (χ0n) is 6.41. The first kappa shape index (κ1) is 7.25. The summed E-state index contributed by atoms with van der Waals surface area (Å²) in [5.41, 5.74) is 0. The Morgan fingerprint density at radius 1 is 1.36 bits per heavy atom. The first-order valence-electron chi connectivity index (χ1n) is 4.08.